The van der Waals surface area contributed by atoms with Crippen LogP contribution in [0.15, 0.2) is 29.5 Å². The van der Waals surface area contributed by atoms with Gasteiger partial charge in [-0.15, -0.1) is 0 Å². The summed E-state index contributed by atoms with van der Waals surface area (Å²) in [5.74, 6) is 1.01. The Morgan fingerprint density at radius 1 is 1.24 bits per heavy atom. The van der Waals surface area contributed by atoms with Gasteiger partial charge in [0.25, 0.3) is 0 Å². The minimum Gasteiger partial charge on any atom is -0.493 e. The Balaban J connectivity index is 2.13. The Kier molecular flexibility index (Phi) is 4.58. The van der Waals surface area contributed by atoms with Gasteiger partial charge in [0.15, 0.2) is 17.3 Å². The number of Topliss-reactive ketones (excluding diaryl/α,β-unsaturated/α-hetero) is 1. The molecule has 1 aromatic rings. The van der Waals surface area contributed by atoms with Crippen LogP contribution in [0.2, 0.25) is 0 Å². The quantitative estimate of drug-likeness (QED) is 0.911. The molecule has 5 heteroatoms. The van der Waals surface area contributed by atoms with E-state index in [9.17, 15) is 9.59 Å². The van der Waals surface area contributed by atoms with Crippen LogP contribution < -0.4 is 14.8 Å². The maximum Gasteiger partial charge on any atom is 0.225 e. The van der Waals surface area contributed by atoms with Gasteiger partial charge in [0.05, 0.1) is 13.7 Å². The second-order valence-corrected chi connectivity index (χ2v) is 7.45. The molecular formula is C20H25NO4. The number of amides is 1. The molecule has 0 saturated heterocycles. The zero-order valence-electron chi connectivity index (χ0n) is 15.3. The van der Waals surface area contributed by atoms with Gasteiger partial charge in [-0.25, -0.2) is 0 Å². The van der Waals surface area contributed by atoms with Gasteiger partial charge in [-0.3, -0.25) is 9.59 Å². The predicted octanol–water partition coefficient (Wildman–Crippen LogP) is 3.34. The molecule has 3 rings (SSSR count). The molecule has 5 nitrogen and oxygen atoms in total. The number of carbonyl (C=O) groups excluding carboxylic acids is 2. The molecule has 0 saturated carbocycles. The number of ether oxygens (including phenoxy) is 2. The summed E-state index contributed by atoms with van der Waals surface area (Å²) in [6.45, 7) is 6.51. The summed E-state index contributed by atoms with van der Waals surface area (Å²) in [5.41, 5.74) is 2.21. The van der Waals surface area contributed by atoms with Gasteiger partial charge in [-0.05, 0) is 24.8 Å². The first-order valence-electron chi connectivity index (χ1n) is 8.72. The summed E-state index contributed by atoms with van der Waals surface area (Å²) in [5, 5.41) is 2.93. The Morgan fingerprint density at radius 2 is 2.00 bits per heavy atom. The van der Waals surface area contributed by atoms with Gasteiger partial charge in [-0.1, -0.05) is 26.0 Å². The molecule has 0 unspecified atom stereocenters. The standard InChI is InChI=1S/C20H25NO4/c1-5-25-19-12(7-6-8-16(19)24-4)13-9-17(23)21-14-10-20(2,3)11-15(22)18(13)14/h6-8,13H,5,9-11H2,1-4H3,(H,21,23)/t13-/m0/s1. The van der Waals surface area contributed by atoms with Gasteiger partial charge in [0.1, 0.15) is 0 Å². The molecule has 2 aliphatic rings. The second-order valence-electron chi connectivity index (χ2n) is 7.45. The van der Waals surface area contributed by atoms with Crippen LogP contribution in [-0.2, 0) is 9.59 Å². The molecule has 0 fully saturated rings. The van der Waals surface area contributed by atoms with E-state index in [0.29, 0.717) is 30.9 Å². The van der Waals surface area contributed by atoms with Gasteiger partial charge in [0, 0.05) is 35.6 Å². The third-order valence-electron chi connectivity index (χ3n) is 4.84. The number of benzene rings is 1. The van der Waals surface area contributed by atoms with Crippen molar-refractivity contribution >= 4 is 11.7 Å². The minimum atomic E-state index is -0.288. The zero-order valence-corrected chi connectivity index (χ0v) is 15.3. The molecule has 25 heavy (non-hydrogen) atoms. The van der Waals surface area contributed by atoms with Crippen molar-refractivity contribution in [3.63, 3.8) is 0 Å². The van der Waals surface area contributed by atoms with Crippen LogP contribution in [0.1, 0.15) is 51.5 Å². The maximum atomic E-state index is 12.9. The van der Waals surface area contributed by atoms with E-state index >= 15 is 0 Å². The van der Waals surface area contributed by atoms with Crippen LogP contribution in [0, 0.1) is 5.41 Å². The summed E-state index contributed by atoms with van der Waals surface area (Å²) in [7, 11) is 1.59. The largest absolute Gasteiger partial charge is 0.493 e. The lowest BCUT2D eigenvalue weighted by molar-refractivity contribution is -0.122. The van der Waals surface area contributed by atoms with Gasteiger partial charge in [0.2, 0.25) is 5.91 Å². The highest BCUT2D eigenvalue weighted by atomic mass is 16.5. The molecule has 0 radical (unpaired) electrons. The maximum absolute atomic E-state index is 12.9. The molecule has 1 N–H and O–H groups in total. The molecule has 1 aromatic carbocycles. The van der Waals surface area contributed by atoms with Gasteiger partial charge < -0.3 is 14.8 Å². The van der Waals surface area contributed by atoms with Crippen molar-refractivity contribution in [2.24, 2.45) is 5.41 Å². The lowest BCUT2D eigenvalue weighted by Gasteiger charge is -2.38. The lowest BCUT2D eigenvalue weighted by Crippen LogP contribution is -2.40. The highest BCUT2D eigenvalue weighted by molar-refractivity contribution is 6.02. The number of rotatable bonds is 4. The first-order chi connectivity index (χ1) is 11.9. The summed E-state index contributed by atoms with van der Waals surface area (Å²) in [6, 6.07) is 5.63. The summed E-state index contributed by atoms with van der Waals surface area (Å²) >= 11 is 0. The van der Waals surface area contributed by atoms with Crippen LogP contribution in [0.4, 0.5) is 0 Å². The third-order valence-corrected chi connectivity index (χ3v) is 4.84. The van der Waals surface area contributed by atoms with E-state index in [0.717, 1.165) is 16.8 Å². The van der Waals surface area contributed by atoms with E-state index in [1.807, 2.05) is 25.1 Å². The van der Waals surface area contributed by atoms with E-state index in [1.165, 1.54) is 0 Å². The summed E-state index contributed by atoms with van der Waals surface area (Å²) in [4.78, 5) is 25.2. The fourth-order valence-electron chi connectivity index (χ4n) is 3.89. The van der Waals surface area contributed by atoms with Crippen molar-refractivity contribution in [3.05, 3.63) is 35.0 Å². The predicted molar refractivity (Wildman–Crippen MR) is 94.7 cm³/mol. The molecule has 134 valence electrons. The molecule has 0 aromatic heterocycles. The average molecular weight is 343 g/mol. The highest BCUT2D eigenvalue weighted by Gasteiger charge is 2.41. The van der Waals surface area contributed by atoms with Crippen molar-refractivity contribution in [1.29, 1.82) is 0 Å². The van der Waals surface area contributed by atoms with E-state index in [4.69, 9.17) is 9.47 Å². The van der Waals surface area contributed by atoms with Crippen LogP contribution in [-0.4, -0.2) is 25.4 Å². The highest BCUT2D eigenvalue weighted by Crippen LogP contribution is 2.47. The second kappa shape index (κ2) is 6.54. The SMILES string of the molecule is CCOc1c(OC)cccc1[C@@H]1CC(=O)NC2=C1C(=O)CC(C)(C)C2. The van der Waals surface area contributed by atoms with Gasteiger partial charge >= 0.3 is 0 Å². The van der Waals surface area contributed by atoms with Crippen molar-refractivity contribution in [2.75, 3.05) is 13.7 Å². The van der Waals surface area contributed by atoms with E-state index in [2.05, 4.69) is 19.2 Å². The fourth-order valence-corrected chi connectivity index (χ4v) is 3.89. The Bertz CT molecular complexity index is 748. The van der Waals surface area contributed by atoms with Crippen molar-refractivity contribution in [1.82, 2.24) is 5.32 Å². The van der Waals surface area contributed by atoms with Crippen LogP contribution >= 0.6 is 0 Å². The average Bonchev–Trinajstić information content (AvgIpc) is 2.52. The topological polar surface area (TPSA) is 64.6 Å². The third kappa shape index (κ3) is 3.28. The first-order valence-corrected chi connectivity index (χ1v) is 8.72. The molecule has 1 heterocycles. The molecule has 1 atom stereocenters. The van der Waals surface area contributed by atoms with E-state index in [1.54, 1.807) is 7.11 Å². The first kappa shape index (κ1) is 17.5. The number of nitrogens with one attached hydrogen (secondary N) is 1. The Hall–Kier alpha value is -2.30. The number of methoxy groups -OCH3 is 1. The minimum absolute atomic E-state index is 0.0560. The number of ketones is 1. The molecule has 1 amide bonds. The molecule has 0 spiro atoms. The molecular weight excluding hydrogens is 318 g/mol. The van der Waals surface area contributed by atoms with Crippen molar-refractivity contribution in [3.8, 4) is 11.5 Å². The van der Waals surface area contributed by atoms with Gasteiger partial charge in [-0.2, -0.15) is 0 Å². The fraction of sp³-hybridized carbons (Fsp3) is 0.500. The number of hydrogen-bond donors (Lipinski definition) is 1. The van der Waals surface area contributed by atoms with Crippen LogP contribution in [0.25, 0.3) is 0 Å². The number of allylic oxidation sites excluding steroid dienone is 2. The number of para-hydroxylation sites is 1. The summed E-state index contributed by atoms with van der Waals surface area (Å²) in [6.07, 6.45) is 1.44. The molecule has 1 aliphatic carbocycles. The smallest absolute Gasteiger partial charge is 0.225 e. The van der Waals surface area contributed by atoms with E-state index < -0.39 is 0 Å². The van der Waals surface area contributed by atoms with Crippen LogP contribution in [0.3, 0.4) is 0 Å². The number of hydrogen-bond acceptors (Lipinski definition) is 4. The number of carbonyl (C=O) groups is 2. The van der Waals surface area contributed by atoms with E-state index in [-0.39, 0.29) is 29.4 Å². The summed E-state index contributed by atoms with van der Waals surface area (Å²) < 4.78 is 11.2. The van der Waals surface area contributed by atoms with Crippen LogP contribution in [0.5, 0.6) is 11.5 Å². The zero-order chi connectivity index (χ0) is 18.2. The van der Waals surface area contributed by atoms with Crippen molar-refractivity contribution in [2.45, 2.75) is 46.0 Å². The molecule has 0 bridgehead atoms. The molecule has 1 aliphatic heterocycles. The Morgan fingerprint density at radius 3 is 2.68 bits per heavy atom. The lowest BCUT2D eigenvalue weighted by atomic mass is 9.70. The Labute approximate surface area is 148 Å². The monoisotopic (exact) mass is 343 g/mol. The normalized spacial score (nSPS) is 22.3. The van der Waals surface area contributed by atoms with Crippen molar-refractivity contribution < 1.29 is 19.1 Å².